The molecule has 0 unspecified atom stereocenters. The van der Waals surface area contributed by atoms with Crippen LogP contribution in [0.1, 0.15) is 18.5 Å². The van der Waals surface area contributed by atoms with Gasteiger partial charge in [0, 0.05) is 11.3 Å². The number of halogens is 1. The molecular formula is C12H12FN3OS. The van der Waals surface area contributed by atoms with Crippen molar-refractivity contribution in [2.75, 3.05) is 0 Å². The molecule has 0 radical (unpaired) electrons. The van der Waals surface area contributed by atoms with E-state index in [4.69, 9.17) is 18.0 Å². The van der Waals surface area contributed by atoms with E-state index in [0.717, 1.165) is 0 Å². The fourth-order valence-corrected chi connectivity index (χ4v) is 2.23. The van der Waals surface area contributed by atoms with Crippen molar-refractivity contribution in [3.63, 3.8) is 0 Å². The van der Waals surface area contributed by atoms with Crippen molar-refractivity contribution in [1.82, 2.24) is 10.6 Å². The predicted molar refractivity (Wildman–Crippen MR) is 69.9 cm³/mol. The van der Waals surface area contributed by atoms with Gasteiger partial charge in [-0.25, -0.2) is 4.39 Å². The lowest BCUT2D eigenvalue weighted by molar-refractivity contribution is -0.115. The third-order valence-electron chi connectivity index (χ3n) is 2.75. The van der Waals surface area contributed by atoms with Crippen molar-refractivity contribution >= 4 is 23.2 Å². The van der Waals surface area contributed by atoms with Gasteiger partial charge in [0.1, 0.15) is 5.82 Å². The number of nitrogens with two attached hydrogens (primary N) is 1. The maximum atomic E-state index is 13.8. The highest BCUT2D eigenvalue weighted by atomic mass is 32.1. The first kappa shape index (κ1) is 12.5. The normalized spacial score (nSPS) is 19.2. The molecule has 1 aliphatic heterocycles. The summed E-state index contributed by atoms with van der Waals surface area (Å²) < 4.78 is 13.8. The molecular weight excluding hydrogens is 253 g/mol. The summed E-state index contributed by atoms with van der Waals surface area (Å²) in [6.07, 6.45) is 0. The van der Waals surface area contributed by atoms with Crippen molar-refractivity contribution in [2.45, 2.75) is 13.0 Å². The van der Waals surface area contributed by atoms with E-state index in [1.165, 1.54) is 6.07 Å². The number of benzene rings is 1. The number of amides is 1. The van der Waals surface area contributed by atoms with Crippen LogP contribution in [-0.2, 0) is 4.79 Å². The molecule has 0 bridgehead atoms. The second kappa shape index (κ2) is 4.73. The highest BCUT2D eigenvalue weighted by Gasteiger charge is 2.29. The molecule has 1 heterocycles. The van der Waals surface area contributed by atoms with Crippen molar-refractivity contribution in [3.8, 4) is 0 Å². The third kappa shape index (κ3) is 2.19. The lowest BCUT2D eigenvalue weighted by Crippen LogP contribution is -2.46. The average Bonchev–Trinajstić information content (AvgIpc) is 2.27. The lowest BCUT2D eigenvalue weighted by Gasteiger charge is -2.29. The summed E-state index contributed by atoms with van der Waals surface area (Å²) in [4.78, 5) is 11.5. The Balaban J connectivity index is 2.54. The Hall–Kier alpha value is -1.95. The number of thiocarbonyl (C=S) groups is 1. The van der Waals surface area contributed by atoms with Gasteiger partial charge in [-0.2, -0.15) is 0 Å². The van der Waals surface area contributed by atoms with Crippen molar-refractivity contribution in [3.05, 3.63) is 46.9 Å². The quantitative estimate of drug-likeness (QED) is 0.701. The van der Waals surface area contributed by atoms with E-state index >= 15 is 0 Å². The Morgan fingerprint density at radius 3 is 2.72 bits per heavy atom. The van der Waals surface area contributed by atoms with Crippen LogP contribution >= 0.6 is 12.2 Å². The lowest BCUT2D eigenvalue weighted by atomic mass is 9.95. The van der Waals surface area contributed by atoms with Gasteiger partial charge in [-0.15, -0.1) is 0 Å². The predicted octanol–water partition coefficient (Wildman–Crippen LogP) is 1.10. The SMILES string of the molecule is CC1=C(C(N)=O)[C@@H](c2ccccc2F)NC(=S)N1. The fourth-order valence-electron chi connectivity index (χ4n) is 1.96. The number of hydrogen-bond donors (Lipinski definition) is 3. The molecule has 1 aromatic carbocycles. The van der Waals surface area contributed by atoms with E-state index in [9.17, 15) is 9.18 Å². The molecule has 1 aliphatic rings. The Morgan fingerprint density at radius 2 is 2.11 bits per heavy atom. The van der Waals surface area contributed by atoms with Crippen LogP contribution in [0.4, 0.5) is 4.39 Å². The second-order valence-electron chi connectivity index (χ2n) is 3.96. The molecule has 0 fully saturated rings. The molecule has 1 atom stereocenters. The summed E-state index contributed by atoms with van der Waals surface area (Å²) in [5.41, 5.74) is 6.51. The number of carbonyl (C=O) groups is 1. The summed E-state index contributed by atoms with van der Waals surface area (Å²) in [7, 11) is 0. The summed E-state index contributed by atoms with van der Waals surface area (Å²) in [6.45, 7) is 1.68. The zero-order chi connectivity index (χ0) is 13.3. The highest BCUT2D eigenvalue weighted by Crippen LogP contribution is 2.27. The van der Waals surface area contributed by atoms with Crippen LogP contribution in [0, 0.1) is 5.82 Å². The van der Waals surface area contributed by atoms with Gasteiger partial charge in [-0.05, 0) is 25.2 Å². The Labute approximate surface area is 109 Å². The van der Waals surface area contributed by atoms with Crippen molar-refractivity contribution < 1.29 is 9.18 Å². The van der Waals surface area contributed by atoms with E-state index in [-0.39, 0.29) is 5.57 Å². The Morgan fingerprint density at radius 1 is 1.44 bits per heavy atom. The number of hydrogen-bond acceptors (Lipinski definition) is 2. The third-order valence-corrected chi connectivity index (χ3v) is 2.97. The fraction of sp³-hybridized carbons (Fsp3) is 0.167. The first-order valence-corrected chi connectivity index (χ1v) is 5.74. The smallest absolute Gasteiger partial charge is 0.248 e. The van der Waals surface area contributed by atoms with Crippen LogP contribution in [-0.4, -0.2) is 11.0 Å². The zero-order valence-electron chi connectivity index (χ0n) is 9.66. The molecule has 4 nitrogen and oxygen atoms in total. The van der Waals surface area contributed by atoms with Crippen LogP contribution < -0.4 is 16.4 Å². The van der Waals surface area contributed by atoms with E-state index in [1.54, 1.807) is 25.1 Å². The molecule has 0 saturated heterocycles. The van der Waals surface area contributed by atoms with Crippen molar-refractivity contribution in [1.29, 1.82) is 0 Å². The Kier molecular flexibility index (Phi) is 3.29. The van der Waals surface area contributed by atoms with Gasteiger partial charge in [-0.1, -0.05) is 18.2 Å². The maximum absolute atomic E-state index is 13.8. The standard InChI is InChI=1S/C12H12FN3OS/c1-6-9(11(14)17)10(16-12(18)15-6)7-4-2-3-5-8(7)13/h2-5,10H,1H3,(H2,14,17)(H2,15,16,18)/t10-/m1/s1. The van der Waals surface area contributed by atoms with Crippen LogP contribution in [0.5, 0.6) is 0 Å². The summed E-state index contributed by atoms with van der Waals surface area (Å²) >= 11 is 5.01. The van der Waals surface area contributed by atoms with Crippen LogP contribution in [0.2, 0.25) is 0 Å². The van der Waals surface area contributed by atoms with Gasteiger partial charge in [0.25, 0.3) is 0 Å². The van der Waals surface area contributed by atoms with Gasteiger partial charge in [0.2, 0.25) is 5.91 Å². The molecule has 4 N–H and O–H groups in total. The average molecular weight is 265 g/mol. The molecule has 94 valence electrons. The maximum Gasteiger partial charge on any atom is 0.248 e. The first-order chi connectivity index (χ1) is 8.50. The molecule has 0 spiro atoms. The number of carbonyl (C=O) groups excluding carboxylic acids is 1. The highest BCUT2D eigenvalue weighted by molar-refractivity contribution is 7.80. The monoisotopic (exact) mass is 265 g/mol. The largest absolute Gasteiger partial charge is 0.366 e. The topological polar surface area (TPSA) is 67.2 Å². The minimum absolute atomic E-state index is 0.286. The number of rotatable bonds is 2. The molecule has 0 aromatic heterocycles. The van der Waals surface area contributed by atoms with Crippen LogP contribution in [0.3, 0.4) is 0 Å². The Bertz CT molecular complexity index is 556. The van der Waals surface area contributed by atoms with E-state index in [1.807, 2.05) is 0 Å². The molecule has 0 aliphatic carbocycles. The molecule has 1 amide bonds. The molecule has 2 rings (SSSR count). The minimum Gasteiger partial charge on any atom is -0.366 e. The van der Waals surface area contributed by atoms with Gasteiger partial charge in [-0.3, -0.25) is 4.79 Å². The second-order valence-corrected chi connectivity index (χ2v) is 4.36. The molecule has 0 saturated carbocycles. The molecule has 1 aromatic rings. The van der Waals surface area contributed by atoms with Crippen LogP contribution in [0.25, 0.3) is 0 Å². The van der Waals surface area contributed by atoms with Gasteiger partial charge >= 0.3 is 0 Å². The minimum atomic E-state index is -0.655. The van der Waals surface area contributed by atoms with Crippen LogP contribution in [0.15, 0.2) is 35.5 Å². The summed E-state index contributed by atoms with van der Waals surface area (Å²) in [5, 5.41) is 6.00. The number of allylic oxidation sites excluding steroid dienone is 1. The summed E-state index contributed by atoms with van der Waals surface area (Å²) in [5.74, 6) is -1.02. The number of nitrogens with one attached hydrogen (secondary N) is 2. The van der Waals surface area contributed by atoms with E-state index < -0.39 is 17.8 Å². The van der Waals surface area contributed by atoms with E-state index in [2.05, 4.69) is 10.6 Å². The molecule has 6 heteroatoms. The molecule has 18 heavy (non-hydrogen) atoms. The van der Waals surface area contributed by atoms with E-state index in [0.29, 0.717) is 16.4 Å². The van der Waals surface area contributed by atoms with Gasteiger partial charge in [0.15, 0.2) is 5.11 Å². The first-order valence-electron chi connectivity index (χ1n) is 5.33. The van der Waals surface area contributed by atoms with Gasteiger partial charge < -0.3 is 16.4 Å². The zero-order valence-corrected chi connectivity index (χ0v) is 10.5. The van der Waals surface area contributed by atoms with Gasteiger partial charge in [0.05, 0.1) is 11.6 Å². The summed E-state index contributed by atoms with van der Waals surface area (Å²) in [6, 6.07) is 5.54. The number of primary amides is 1. The van der Waals surface area contributed by atoms with Crippen molar-refractivity contribution in [2.24, 2.45) is 5.73 Å².